The summed E-state index contributed by atoms with van der Waals surface area (Å²) in [6.45, 7) is 8.60. The number of aliphatic carboxylic acids is 1. The number of carbonyl (C=O) groups is 4. The quantitative estimate of drug-likeness (QED) is 0.350. The second-order valence-corrected chi connectivity index (χ2v) is 8.60. The fourth-order valence-electron chi connectivity index (χ4n) is 3.38. The molecule has 0 bridgehead atoms. The van der Waals surface area contributed by atoms with Crippen molar-refractivity contribution in [1.82, 2.24) is 16.0 Å². The summed E-state index contributed by atoms with van der Waals surface area (Å²) in [5.74, 6) is -2.93. The van der Waals surface area contributed by atoms with Gasteiger partial charge in [-0.1, -0.05) is 40.5 Å². The van der Waals surface area contributed by atoms with Crippen LogP contribution in [0.5, 0.6) is 0 Å². The van der Waals surface area contributed by atoms with Gasteiger partial charge in [-0.15, -0.1) is 0 Å². The average molecular weight is 413 g/mol. The largest absolute Gasteiger partial charge is 0.480 e. The van der Waals surface area contributed by atoms with Crippen LogP contribution in [0.2, 0.25) is 0 Å². The molecule has 166 valence electrons. The van der Waals surface area contributed by atoms with Crippen molar-refractivity contribution in [2.75, 3.05) is 0 Å². The number of carboxylic acids is 1. The topological polar surface area (TPSA) is 151 Å². The van der Waals surface area contributed by atoms with E-state index >= 15 is 0 Å². The van der Waals surface area contributed by atoms with E-state index < -0.39 is 47.9 Å². The molecule has 6 N–H and O–H groups in total. The van der Waals surface area contributed by atoms with Gasteiger partial charge in [0.05, 0.1) is 6.04 Å². The summed E-state index contributed by atoms with van der Waals surface area (Å²) < 4.78 is 0. The van der Waals surface area contributed by atoms with Crippen molar-refractivity contribution in [3.63, 3.8) is 0 Å². The van der Waals surface area contributed by atoms with Gasteiger partial charge >= 0.3 is 5.97 Å². The van der Waals surface area contributed by atoms with E-state index in [1.807, 2.05) is 13.8 Å². The second kappa shape index (κ2) is 11.1. The number of hydrogen-bond acceptors (Lipinski definition) is 5. The van der Waals surface area contributed by atoms with Crippen LogP contribution in [0, 0.1) is 17.8 Å². The third-order valence-corrected chi connectivity index (χ3v) is 5.45. The third kappa shape index (κ3) is 7.30. The Kier molecular flexibility index (Phi) is 9.55. The first-order chi connectivity index (χ1) is 13.5. The molecule has 3 amide bonds. The highest BCUT2D eigenvalue weighted by Gasteiger charge is 2.36. The molecular weight excluding hydrogens is 376 g/mol. The molecule has 0 unspecified atom stereocenters. The standard InChI is InChI=1S/C20H36N4O5/c1-10(2)14(21)17(25)23-15(11(3)4)18(26)24-16(13-8-6-7-9-13)19(27)22-12(5)20(28)29/h10-16H,6-9,21H2,1-5H3,(H,22,27)(H,23,25)(H,24,26)(H,28,29)/t12-,14-,15-,16-/m0/s1. The molecule has 0 spiro atoms. The first kappa shape index (κ1) is 24.9. The van der Waals surface area contributed by atoms with E-state index in [0.29, 0.717) is 0 Å². The average Bonchev–Trinajstić information content (AvgIpc) is 3.16. The van der Waals surface area contributed by atoms with Gasteiger partial charge in [0, 0.05) is 0 Å². The van der Waals surface area contributed by atoms with Gasteiger partial charge in [-0.2, -0.15) is 0 Å². The van der Waals surface area contributed by atoms with Crippen molar-refractivity contribution >= 4 is 23.7 Å². The van der Waals surface area contributed by atoms with Crippen LogP contribution in [0.25, 0.3) is 0 Å². The van der Waals surface area contributed by atoms with Crippen LogP contribution in [0.3, 0.4) is 0 Å². The van der Waals surface area contributed by atoms with Gasteiger partial charge in [0.15, 0.2) is 0 Å². The molecule has 1 saturated carbocycles. The predicted molar refractivity (Wildman–Crippen MR) is 109 cm³/mol. The maximum absolute atomic E-state index is 12.9. The van der Waals surface area contributed by atoms with Crippen molar-refractivity contribution in [2.24, 2.45) is 23.5 Å². The number of rotatable bonds is 10. The smallest absolute Gasteiger partial charge is 0.325 e. The third-order valence-electron chi connectivity index (χ3n) is 5.45. The lowest BCUT2D eigenvalue weighted by molar-refractivity contribution is -0.142. The zero-order valence-electron chi connectivity index (χ0n) is 18.0. The van der Waals surface area contributed by atoms with Gasteiger partial charge < -0.3 is 26.8 Å². The number of amides is 3. The van der Waals surface area contributed by atoms with Crippen LogP contribution in [-0.4, -0.2) is 53.0 Å². The van der Waals surface area contributed by atoms with E-state index in [2.05, 4.69) is 16.0 Å². The summed E-state index contributed by atoms with van der Waals surface area (Å²) in [6.07, 6.45) is 3.45. The summed E-state index contributed by atoms with van der Waals surface area (Å²) in [5, 5.41) is 16.9. The van der Waals surface area contributed by atoms with Crippen molar-refractivity contribution in [1.29, 1.82) is 0 Å². The summed E-state index contributed by atoms with van der Waals surface area (Å²) in [5.41, 5.74) is 5.88. The molecule has 0 aromatic rings. The molecule has 1 aliphatic carbocycles. The van der Waals surface area contributed by atoms with Crippen molar-refractivity contribution < 1.29 is 24.3 Å². The van der Waals surface area contributed by atoms with Gasteiger partial charge in [-0.3, -0.25) is 19.2 Å². The Morgan fingerprint density at radius 3 is 1.83 bits per heavy atom. The zero-order valence-corrected chi connectivity index (χ0v) is 18.0. The summed E-state index contributed by atoms with van der Waals surface area (Å²) in [7, 11) is 0. The Balaban J connectivity index is 2.93. The Morgan fingerprint density at radius 2 is 1.38 bits per heavy atom. The van der Waals surface area contributed by atoms with Crippen molar-refractivity contribution in [3.8, 4) is 0 Å². The number of carbonyl (C=O) groups excluding carboxylic acids is 3. The molecule has 9 nitrogen and oxygen atoms in total. The van der Waals surface area contributed by atoms with Gasteiger partial charge in [0.25, 0.3) is 0 Å². The van der Waals surface area contributed by atoms with E-state index in [1.54, 1.807) is 13.8 Å². The summed E-state index contributed by atoms with van der Waals surface area (Å²) >= 11 is 0. The molecule has 1 fully saturated rings. The van der Waals surface area contributed by atoms with Crippen LogP contribution >= 0.6 is 0 Å². The highest BCUT2D eigenvalue weighted by Crippen LogP contribution is 2.28. The Labute approximate surface area is 172 Å². The van der Waals surface area contributed by atoms with Crippen LogP contribution in [-0.2, 0) is 19.2 Å². The van der Waals surface area contributed by atoms with Crippen LogP contribution in [0.15, 0.2) is 0 Å². The molecular formula is C20H36N4O5. The Hall–Kier alpha value is -2.16. The molecule has 0 aliphatic heterocycles. The zero-order chi connectivity index (χ0) is 22.3. The molecule has 0 aromatic heterocycles. The minimum atomic E-state index is -1.15. The Morgan fingerprint density at radius 1 is 0.828 bits per heavy atom. The van der Waals surface area contributed by atoms with Gasteiger partial charge in [-0.25, -0.2) is 0 Å². The molecule has 9 heteroatoms. The molecule has 0 aromatic carbocycles. The SMILES string of the molecule is CC(C)[C@H](N)C(=O)N[C@H](C(=O)N[C@H](C(=O)N[C@@H](C)C(=O)O)C1CCCC1)C(C)C. The maximum Gasteiger partial charge on any atom is 0.325 e. The lowest BCUT2D eigenvalue weighted by Crippen LogP contribution is -2.60. The minimum Gasteiger partial charge on any atom is -0.480 e. The van der Waals surface area contributed by atoms with E-state index in [4.69, 9.17) is 10.8 Å². The molecule has 0 radical (unpaired) electrons. The van der Waals surface area contributed by atoms with Gasteiger partial charge in [-0.05, 0) is 37.5 Å². The molecule has 0 heterocycles. The minimum absolute atomic E-state index is 0.0682. The monoisotopic (exact) mass is 412 g/mol. The lowest BCUT2D eigenvalue weighted by Gasteiger charge is -2.29. The molecule has 0 saturated heterocycles. The fraction of sp³-hybridized carbons (Fsp3) is 0.800. The maximum atomic E-state index is 12.9. The number of nitrogens with two attached hydrogens (primary N) is 1. The van der Waals surface area contributed by atoms with E-state index in [9.17, 15) is 19.2 Å². The number of nitrogens with one attached hydrogen (secondary N) is 3. The molecule has 1 rings (SSSR count). The van der Waals surface area contributed by atoms with Gasteiger partial charge in [0.1, 0.15) is 18.1 Å². The summed E-state index contributed by atoms with van der Waals surface area (Å²) in [6, 6.07) is -3.49. The number of hydrogen-bond donors (Lipinski definition) is 5. The molecule has 1 aliphatic rings. The second-order valence-electron chi connectivity index (χ2n) is 8.60. The van der Waals surface area contributed by atoms with Crippen molar-refractivity contribution in [3.05, 3.63) is 0 Å². The van der Waals surface area contributed by atoms with Crippen LogP contribution in [0.1, 0.15) is 60.3 Å². The number of carboxylic acid groups (broad SMARTS) is 1. The van der Waals surface area contributed by atoms with E-state index in [1.165, 1.54) is 6.92 Å². The van der Waals surface area contributed by atoms with E-state index in [0.717, 1.165) is 25.7 Å². The highest BCUT2D eigenvalue weighted by atomic mass is 16.4. The predicted octanol–water partition coefficient (Wildman–Crippen LogP) is 0.375. The first-order valence-corrected chi connectivity index (χ1v) is 10.3. The molecule has 4 atom stereocenters. The van der Waals surface area contributed by atoms with E-state index in [-0.39, 0.29) is 17.8 Å². The lowest BCUT2D eigenvalue weighted by atomic mass is 9.95. The summed E-state index contributed by atoms with van der Waals surface area (Å²) in [4.78, 5) is 49.1. The molecule has 29 heavy (non-hydrogen) atoms. The normalized spacial score (nSPS) is 18.8. The highest BCUT2D eigenvalue weighted by molar-refractivity contribution is 5.94. The first-order valence-electron chi connectivity index (χ1n) is 10.3. The Bertz CT molecular complexity index is 602. The van der Waals surface area contributed by atoms with Crippen LogP contribution < -0.4 is 21.7 Å². The van der Waals surface area contributed by atoms with Crippen LogP contribution in [0.4, 0.5) is 0 Å². The fourth-order valence-corrected chi connectivity index (χ4v) is 3.38. The van der Waals surface area contributed by atoms with Crippen molar-refractivity contribution in [2.45, 2.75) is 84.5 Å². The van der Waals surface area contributed by atoms with Gasteiger partial charge in [0.2, 0.25) is 17.7 Å².